The van der Waals surface area contributed by atoms with Crippen LogP contribution in [0.1, 0.15) is 26.2 Å². The van der Waals surface area contributed by atoms with Crippen LogP contribution in [0.5, 0.6) is 0 Å². The Morgan fingerprint density at radius 1 is 1.57 bits per heavy atom. The number of ketones is 1. The van der Waals surface area contributed by atoms with Crippen LogP contribution in [0.3, 0.4) is 0 Å². The van der Waals surface area contributed by atoms with E-state index in [2.05, 4.69) is 0 Å². The number of carbonyl (C=O) groups excluding carboxylic acids is 1. The molecule has 0 aromatic rings. The predicted octanol–water partition coefficient (Wildman–Crippen LogP) is 1.67. The van der Waals surface area contributed by atoms with Gasteiger partial charge in [-0.15, -0.1) is 0 Å². The minimum absolute atomic E-state index is 0.208. The highest BCUT2D eigenvalue weighted by Gasteiger charge is 2.37. The van der Waals surface area contributed by atoms with Crippen LogP contribution in [-0.2, 0) is 14.3 Å². The zero-order chi connectivity index (χ0) is 9.97. The molecule has 0 aromatic heterocycles. The number of allylic oxidation sites excluding steroid dienone is 1. The Kier molecular flexibility index (Phi) is 2.99. The summed E-state index contributed by atoms with van der Waals surface area (Å²) in [6, 6.07) is 0. The van der Waals surface area contributed by atoms with E-state index in [1.54, 1.807) is 6.08 Å². The summed E-state index contributed by atoms with van der Waals surface area (Å²) in [4.78, 5) is 11.2. The molecule has 0 heterocycles. The van der Waals surface area contributed by atoms with Crippen LogP contribution in [0, 0.1) is 5.92 Å². The SMILES string of the molecule is CCOCO[C@H]1CCC2=CC(=O)C[C@H]21. The quantitative estimate of drug-likeness (QED) is 0.507. The number of hydrogen-bond donors (Lipinski definition) is 0. The fourth-order valence-electron chi connectivity index (χ4n) is 2.28. The van der Waals surface area contributed by atoms with Crippen molar-refractivity contribution in [1.82, 2.24) is 0 Å². The summed E-state index contributed by atoms with van der Waals surface area (Å²) in [7, 11) is 0. The largest absolute Gasteiger partial charge is 0.356 e. The molecule has 2 atom stereocenters. The molecule has 0 N–H and O–H groups in total. The number of ether oxygens (including phenoxy) is 2. The van der Waals surface area contributed by atoms with E-state index in [4.69, 9.17) is 9.47 Å². The second kappa shape index (κ2) is 4.24. The second-order valence-corrected chi connectivity index (χ2v) is 3.85. The molecule has 2 aliphatic carbocycles. The lowest BCUT2D eigenvalue weighted by atomic mass is 10.0. The highest BCUT2D eigenvalue weighted by Crippen LogP contribution is 2.39. The summed E-state index contributed by atoms with van der Waals surface area (Å²) in [6.45, 7) is 2.99. The molecule has 1 fully saturated rings. The van der Waals surface area contributed by atoms with Crippen molar-refractivity contribution in [2.75, 3.05) is 13.4 Å². The average Bonchev–Trinajstić information content (AvgIpc) is 2.66. The Labute approximate surface area is 84.1 Å². The van der Waals surface area contributed by atoms with Crippen LogP contribution < -0.4 is 0 Å². The average molecular weight is 196 g/mol. The number of rotatable bonds is 4. The first kappa shape index (κ1) is 9.87. The summed E-state index contributed by atoms with van der Waals surface area (Å²) in [6.07, 6.45) is 4.71. The third kappa shape index (κ3) is 1.88. The highest BCUT2D eigenvalue weighted by molar-refractivity contribution is 5.93. The van der Waals surface area contributed by atoms with Gasteiger partial charge < -0.3 is 9.47 Å². The number of carbonyl (C=O) groups is 1. The first-order valence-electron chi connectivity index (χ1n) is 5.24. The van der Waals surface area contributed by atoms with Crippen molar-refractivity contribution < 1.29 is 14.3 Å². The molecule has 1 saturated carbocycles. The molecule has 2 aliphatic rings. The summed E-state index contributed by atoms with van der Waals surface area (Å²) in [5, 5.41) is 0. The molecule has 0 amide bonds. The van der Waals surface area contributed by atoms with E-state index in [-0.39, 0.29) is 11.9 Å². The van der Waals surface area contributed by atoms with E-state index in [0.717, 1.165) is 12.8 Å². The molecule has 3 nitrogen and oxygen atoms in total. The van der Waals surface area contributed by atoms with Gasteiger partial charge in [-0.05, 0) is 25.8 Å². The zero-order valence-electron chi connectivity index (χ0n) is 8.49. The Bertz CT molecular complexity index is 257. The molecule has 0 spiro atoms. The van der Waals surface area contributed by atoms with Crippen LogP contribution in [0.25, 0.3) is 0 Å². The van der Waals surface area contributed by atoms with Gasteiger partial charge in [0.1, 0.15) is 6.79 Å². The standard InChI is InChI=1S/C11H16O3/c1-2-13-7-14-11-4-3-8-5-9(12)6-10(8)11/h5,10-11H,2-4,6-7H2,1H3/t10-,11+/m1/s1. The van der Waals surface area contributed by atoms with Crippen LogP contribution >= 0.6 is 0 Å². The first-order valence-corrected chi connectivity index (χ1v) is 5.24. The topological polar surface area (TPSA) is 35.5 Å². The van der Waals surface area contributed by atoms with Gasteiger partial charge in [0.15, 0.2) is 5.78 Å². The molecule has 78 valence electrons. The van der Waals surface area contributed by atoms with Gasteiger partial charge in [0, 0.05) is 18.9 Å². The normalized spacial score (nSPS) is 30.6. The van der Waals surface area contributed by atoms with Crippen molar-refractivity contribution in [3.63, 3.8) is 0 Å². The molecule has 14 heavy (non-hydrogen) atoms. The maximum atomic E-state index is 11.2. The van der Waals surface area contributed by atoms with Crippen LogP contribution in [-0.4, -0.2) is 25.3 Å². The Hall–Kier alpha value is -0.670. The van der Waals surface area contributed by atoms with Gasteiger partial charge in [-0.2, -0.15) is 0 Å². The summed E-state index contributed by atoms with van der Waals surface area (Å²) in [5.41, 5.74) is 1.29. The lowest BCUT2D eigenvalue weighted by molar-refractivity contribution is -0.118. The van der Waals surface area contributed by atoms with Crippen molar-refractivity contribution in [3.8, 4) is 0 Å². The minimum Gasteiger partial charge on any atom is -0.356 e. The smallest absolute Gasteiger partial charge is 0.156 e. The van der Waals surface area contributed by atoms with Gasteiger partial charge in [0.05, 0.1) is 6.10 Å². The number of fused-ring (bicyclic) bond motifs is 1. The molecule has 3 heteroatoms. The molecule has 0 saturated heterocycles. The monoisotopic (exact) mass is 196 g/mol. The van der Waals surface area contributed by atoms with Gasteiger partial charge in [0.25, 0.3) is 0 Å². The summed E-state index contributed by atoms with van der Waals surface area (Å²) >= 11 is 0. The molecule has 0 radical (unpaired) electrons. The Balaban J connectivity index is 1.85. The molecular formula is C11H16O3. The fourth-order valence-corrected chi connectivity index (χ4v) is 2.28. The number of hydrogen-bond acceptors (Lipinski definition) is 3. The van der Waals surface area contributed by atoms with Crippen LogP contribution in [0.4, 0.5) is 0 Å². The van der Waals surface area contributed by atoms with Crippen LogP contribution in [0.2, 0.25) is 0 Å². The molecule has 0 aliphatic heterocycles. The van der Waals surface area contributed by atoms with E-state index < -0.39 is 0 Å². The molecule has 0 aromatic carbocycles. The van der Waals surface area contributed by atoms with E-state index >= 15 is 0 Å². The van der Waals surface area contributed by atoms with Crippen molar-refractivity contribution >= 4 is 5.78 Å². The van der Waals surface area contributed by atoms with Crippen molar-refractivity contribution in [2.24, 2.45) is 5.92 Å². The van der Waals surface area contributed by atoms with Crippen LogP contribution in [0.15, 0.2) is 11.6 Å². The van der Waals surface area contributed by atoms with Crippen molar-refractivity contribution in [2.45, 2.75) is 32.3 Å². The molecule has 2 rings (SSSR count). The highest BCUT2D eigenvalue weighted by atomic mass is 16.7. The van der Waals surface area contributed by atoms with Crippen molar-refractivity contribution in [3.05, 3.63) is 11.6 Å². The van der Waals surface area contributed by atoms with E-state index in [9.17, 15) is 4.79 Å². The van der Waals surface area contributed by atoms with Crippen molar-refractivity contribution in [1.29, 1.82) is 0 Å². The summed E-state index contributed by atoms with van der Waals surface area (Å²) < 4.78 is 10.7. The lowest BCUT2D eigenvalue weighted by Crippen LogP contribution is -2.20. The predicted molar refractivity (Wildman–Crippen MR) is 51.8 cm³/mol. The van der Waals surface area contributed by atoms with Gasteiger partial charge in [-0.3, -0.25) is 4.79 Å². The van der Waals surface area contributed by atoms with Gasteiger partial charge >= 0.3 is 0 Å². The van der Waals surface area contributed by atoms with E-state index in [0.29, 0.717) is 25.7 Å². The molecular weight excluding hydrogens is 180 g/mol. The summed E-state index contributed by atoms with van der Waals surface area (Å²) in [5.74, 6) is 0.609. The van der Waals surface area contributed by atoms with Gasteiger partial charge in [0.2, 0.25) is 0 Å². The second-order valence-electron chi connectivity index (χ2n) is 3.85. The fraction of sp³-hybridized carbons (Fsp3) is 0.727. The molecule has 0 bridgehead atoms. The Morgan fingerprint density at radius 2 is 2.43 bits per heavy atom. The first-order chi connectivity index (χ1) is 6.81. The van der Waals surface area contributed by atoms with Gasteiger partial charge in [-0.1, -0.05) is 5.57 Å². The minimum atomic E-state index is 0.208. The maximum absolute atomic E-state index is 11.2. The van der Waals surface area contributed by atoms with E-state index in [1.807, 2.05) is 6.92 Å². The molecule has 0 unspecified atom stereocenters. The Morgan fingerprint density at radius 3 is 3.21 bits per heavy atom. The maximum Gasteiger partial charge on any atom is 0.156 e. The van der Waals surface area contributed by atoms with Gasteiger partial charge in [-0.25, -0.2) is 0 Å². The lowest BCUT2D eigenvalue weighted by Gasteiger charge is -2.17. The zero-order valence-corrected chi connectivity index (χ0v) is 8.49. The third-order valence-electron chi connectivity index (χ3n) is 2.98. The van der Waals surface area contributed by atoms with E-state index in [1.165, 1.54) is 5.57 Å². The third-order valence-corrected chi connectivity index (χ3v) is 2.98.